The fraction of sp³-hybridized carbons (Fsp3) is 1.00. The summed E-state index contributed by atoms with van der Waals surface area (Å²) < 4.78 is 5.61. The highest BCUT2D eigenvalue weighted by molar-refractivity contribution is 4.68. The maximum Gasteiger partial charge on any atom is 0.0588 e. The van der Waals surface area contributed by atoms with Gasteiger partial charge >= 0.3 is 0 Å². The Morgan fingerprint density at radius 1 is 1.31 bits per heavy atom. The molecule has 2 atom stereocenters. The Labute approximate surface area is 101 Å². The zero-order chi connectivity index (χ0) is 11.6. The van der Waals surface area contributed by atoms with Gasteiger partial charge < -0.3 is 10.1 Å². The van der Waals surface area contributed by atoms with Gasteiger partial charge in [0.05, 0.1) is 6.10 Å². The summed E-state index contributed by atoms with van der Waals surface area (Å²) in [5.74, 6) is 0. The Balaban J connectivity index is 1.87. The molecule has 0 saturated carbocycles. The molecule has 1 aliphatic rings. The number of ether oxygens (including phenoxy) is 1. The second-order valence-electron chi connectivity index (χ2n) is 5.13. The molecule has 0 radical (unpaired) electrons. The van der Waals surface area contributed by atoms with E-state index in [1.807, 2.05) is 0 Å². The first-order valence-electron chi connectivity index (χ1n) is 7.18. The van der Waals surface area contributed by atoms with Gasteiger partial charge in [0.15, 0.2) is 0 Å². The summed E-state index contributed by atoms with van der Waals surface area (Å²) >= 11 is 0. The van der Waals surface area contributed by atoms with Crippen molar-refractivity contribution in [2.45, 2.75) is 77.4 Å². The van der Waals surface area contributed by atoms with Gasteiger partial charge in [-0.3, -0.25) is 0 Å². The molecule has 0 aromatic rings. The highest BCUT2D eigenvalue weighted by atomic mass is 16.5. The normalized spacial score (nSPS) is 22.5. The second-order valence-corrected chi connectivity index (χ2v) is 5.13. The van der Waals surface area contributed by atoms with Crippen molar-refractivity contribution in [1.82, 2.24) is 5.32 Å². The lowest BCUT2D eigenvalue weighted by atomic mass is 10.1. The molecule has 2 heteroatoms. The summed E-state index contributed by atoms with van der Waals surface area (Å²) in [4.78, 5) is 0. The molecule has 0 aromatic heterocycles. The van der Waals surface area contributed by atoms with E-state index in [4.69, 9.17) is 4.74 Å². The lowest BCUT2D eigenvalue weighted by Gasteiger charge is -2.15. The minimum absolute atomic E-state index is 0.541. The molecule has 2 nitrogen and oxygen atoms in total. The van der Waals surface area contributed by atoms with Crippen LogP contribution in [-0.2, 0) is 4.74 Å². The summed E-state index contributed by atoms with van der Waals surface area (Å²) in [6.07, 6.45) is 11.1. The maximum absolute atomic E-state index is 5.61. The van der Waals surface area contributed by atoms with Crippen LogP contribution in [0.3, 0.4) is 0 Å². The van der Waals surface area contributed by atoms with Crippen LogP contribution in [-0.4, -0.2) is 25.3 Å². The number of nitrogens with one attached hydrogen (secondary N) is 1. The molecule has 0 amide bonds. The number of unbranched alkanes of at least 4 members (excludes halogenated alkanes) is 3. The molecular formula is C14H29NO. The van der Waals surface area contributed by atoms with Crippen molar-refractivity contribution in [3.8, 4) is 0 Å². The van der Waals surface area contributed by atoms with E-state index in [1.165, 1.54) is 51.4 Å². The van der Waals surface area contributed by atoms with E-state index < -0.39 is 0 Å². The van der Waals surface area contributed by atoms with Crippen LogP contribution in [0, 0.1) is 0 Å². The predicted octanol–water partition coefficient (Wildman–Crippen LogP) is 3.50. The van der Waals surface area contributed by atoms with Crippen LogP contribution in [0.15, 0.2) is 0 Å². The predicted molar refractivity (Wildman–Crippen MR) is 69.8 cm³/mol. The van der Waals surface area contributed by atoms with Gasteiger partial charge in [-0.2, -0.15) is 0 Å². The highest BCUT2D eigenvalue weighted by Crippen LogP contribution is 2.14. The third kappa shape index (κ3) is 6.49. The summed E-state index contributed by atoms with van der Waals surface area (Å²) in [5.41, 5.74) is 0. The molecule has 16 heavy (non-hydrogen) atoms. The molecule has 2 unspecified atom stereocenters. The number of rotatable bonds is 9. The van der Waals surface area contributed by atoms with Gasteiger partial charge in [0.1, 0.15) is 0 Å². The molecule has 0 spiro atoms. The fourth-order valence-corrected chi connectivity index (χ4v) is 2.34. The smallest absolute Gasteiger partial charge is 0.0588 e. The summed E-state index contributed by atoms with van der Waals surface area (Å²) in [6.45, 7) is 6.68. The van der Waals surface area contributed by atoms with E-state index in [0.29, 0.717) is 12.1 Å². The maximum atomic E-state index is 5.61. The first-order valence-corrected chi connectivity index (χ1v) is 7.18. The van der Waals surface area contributed by atoms with Crippen molar-refractivity contribution in [1.29, 1.82) is 0 Å². The second kappa shape index (κ2) is 9.00. The van der Waals surface area contributed by atoms with Crippen LogP contribution in [0.2, 0.25) is 0 Å². The molecule has 1 aliphatic heterocycles. The quantitative estimate of drug-likeness (QED) is 0.609. The molecule has 0 bridgehead atoms. The molecule has 0 aliphatic carbocycles. The molecule has 1 heterocycles. The third-order valence-corrected chi connectivity index (χ3v) is 3.47. The molecule has 1 saturated heterocycles. The van der Waals surface area contributed by atoms with Gasteiger partial charge in [-0.15, -0.1) is 0 Å². The van der Waals surface area contributed by atoms with E-state index in [2.05, 4.69) is 19.2 Å². The van der Waals surface area contributed by atoms with Gasteiger partial charge in [0.25, 0.3) is 0 Å². The minimum Gasteiger partial charge on any atom is -0.378 e. The molecule has 0 aromatic carbocycles. The Kier molecular flexibility index (Phi) is 7.87. The minimum atomic E-state index is 0.541. The van der Waals surface area contributed by atoms with Crippen molar-refractivity contribution in [3.63, 3.8) is 0 Å². The molecule has 1 N–H and O–H groups in total. The monoisotopic (exact) mass is 227 g/mol. The molecule has 1 rings (SSSR count). The standard InChI is InChI=1S/C14H29NO/c1-3-4-5-6-8-13(2)15-11-10-14-9-7-12-16-14/h13-15H,3-12H2,1-2H3. The highest BCUT2D eigenvalue weighted by Gasteiger charge is 2.14. The van der Waals surface area contributed by atoms with Crippen LogP contribution in [0.4, 0.5) is 0 Å². The zero-order valence-corrected chi connectivity index (χ0v) is 11.1. The van der Waals surface area contributed by atoms with E-state index in [1.54, 1.807) is 0 Å². The third-order valence-electron chi connectivity index (χ3n) is 3.47. The zero-order valence-electron chi connectivity index (χ0n) is 11.1. The van der Waals surface area contributed by atoms with Crippen molar-refractivity contribution in [2.24, 2.45) is 0 Å². The van der Waals surface area contributed by atoms with E-state index >= 15 is 0 Å². The fourth-order valence-electron chi connectivity index (χ4n) is 2.34. The van der Waals surface area contributed by atoms with Crippen LogP contribution >= 0.6 is 0 Å². The van der Waals surface area contributed by atoms with Crippen LogP contribution in [0.5, 0.6) is 0 Å². The topological polar surface area (TPSA) is 21.3 Å². The Bertz CT molecular complexity index is 155. The molecular weight excluding hydrogens is 198 g/mol. The summed E-state index contributed by atoms with van der Waals surface area (Å²) in [7, 11) is 0. The number of hydrogen-bond donors (Lipinski definition) is 1. The van der Waals surface area contributed by atoms with E-state index in [9.17, 15) is 0 Å². The van der Waals surface area contributed by atoms with Crippen LogP contribution in [0.1, 0.15) is 65.2 Å². The van der Waals surface area contributed by atoms with Crippen LogP contribution < -0.4 is 5.32 Å². The van der Waals surface area contributed by atoms with Crippen molar-refractivity contribution in [3.05, 3.63) is 0 Å². The SMILES string of the molecule is CCCCCCC(C)NCCC1CCCO1. The van der Waals surface area contributed by atoms with Crippen LogP contribution in [0.25, 0.3) is 0 Å². The van der Waals surface area contributed by atoms with E-state index in [-0.39, 0.29) is 0 Å². The number of hydrogen-bond acceptors (Lipinski definition) is 2. The summed E-state index contributed by atoms with van der Waals surface area (Å²) in [5, 5.41) is 3.61. The Morgan fingerprint density at radius 3 is 2.88 bits per heavy atom. The average Bonchev–Trinajstić information content (AvgIpc) is 2.77. The van der Waals surface area contributed by atoms with Gasteiger partial charge in [-0.25, -0.2) is 0 Å². The lowest BCUT2D eigenvalue weighted by molar-refractivity contribution is 0.103. The average molecular weight is 227 g/mol. The van der Waals surface area contributed by atoms with Crippen molar-refractivity contribution in [2.75, 3.05) is 13.2 Å². The molecule has 1 fully saturated rings. The van der Waals surface area contributed by atoms with Gasteiger partial charge in [0, 0.05) is 12.6 Å². The first-order chi connectivity index (χ1) is 7.83. The lowest BCUT2D eigenvalue weighted by Crippen LogP contribution is -2.29. The Hall–Kier alpha value is -0.0800. The van der Waals surface area contributed by atoms with Gasteiger partial charge in [-0.05, 0) is 39.2 Å². The summed E-state index contributed by atoms with van der Waals surface area (Å²) in [6, 6.07) is 0.679. The van der Waals surface area contributed by atoms with Gasteiger partial charge in [0.2, 0.25) is 0 Å². The largest absolute Gasteiger partial charge is 0.378 e. The first kappa shape index (κ1) is 14.0. The van der Waals surface area contributed by atoms with Crippen molar-refractivity contribution < 1.29 is 4.74 Å². The van der Waals surface area contributed by atoms with Gasteiger partial charge in [-0.1, -0.05) is 32.6 Å². The molecule has 96 valence electrons. The Morgan fingerprint density at radius 2 is 2.19 bits per heavy atom. The van der Waals surface area contributed by atoms with E-state index in [0.717, 1.165) is 13.2 Å². The van der Waals surface area contributed by atoms with Crippen molar-refractivity contribution >= 4 is 0 Å².